The molecule has 0 bridgehead atoms. The van der Waals surface area contributed by atoms with E-state index in [-0.39, 0.29) is 30.4 Å². The van der Waals surface area contributed by atoms with Crippen molar-refractivity contribution in [1.29, 1.82) is 15.9 Å². The van der Waals surface area contributed by atoms with Gasteiger partial charge in [-0.3, -0.25) is 14.5 Å². The number of nitrogens with two attached hydrogens (primary N) is 1. The van der Waals surface area contributed by atoms with Gasteiger partial charge < -0.3 is 25.0 Å². The molecule has 2 unspecified atom stereocenters. The molecule has 4 N–H and O–H groups in total. The summed E-state index contributed by atoms with van der Waals surface area (Å²) in [6.07, 6.45) is 25.5. The molecule has 0 aliphatic rings. The predicted molar refractivity (Wildman–Crippen MR) is 262 cm³/mol. The van der Waals surface area contributed by atoms with Gasteiger partial charge in [0.25, 0.3) is 0 Å². The van der Waals surface area contributed by atoms with Gasteiger partial charge in [0.1, 0.15) is 42.7 Å². The summed E-state index contributed by atoms with van der Waals surface area (Å²) in [5.41, 5.74) is 7.51. The van der Waals surface area contributed by atoms with Gasteiger partial charge in [-0.1, -0.05) is 146 Å². The Bertz CT molecular complexity index is 2210. The number of aryl methyl sites for hydroxylation is 1. The van der Waals surface area contributed by atoms with Crippen LogP contribution in [0.15, 0.2) is 65.9 Å². The number of halogens is 1. The number of rotatable bonds is 36. The summed E-state index contributed by atoms with van der Waals surface area (Å²) in [6, 6.07) is 19.8. The Morgan fingerprint density at radius 3 is 2.23 bits per heavy atom. The van der Waals surface area contributed by atoms with Crippen molar-refractivity contribution < 1.29 is 27.6 Å². The standard InChI is InChI=1S/C49H69ClN9O6P/c1-3-4-5-6-7-8-9-10-11-12-13-14-15-16-17-18-19-22-43(62-33-40-25-27-45(41(31-40)32-51)56-38-55-37-53)34-63-66(60,65-47-24-21-20-23-44(47)50)64-36-49(35-52,61-2)30-29-42-26-28-46-48(54)57-39-58-59(42)46/h20-21,23-28,31,37-39,43H,3-19,22,29-30,33-34,36H2,1-2H3,(H2,53,55,56)(H2,54,57,58)/t43-,49?,66?/m1/s1. The highest BCUT2D eigenvalue weighted by Crippen LogP contribution is 2.52. The molecule has 15 nitrogen and oxygen atoms in total. The fourth-order valence-corrected chi connectivity index (χ4v) is 9.07. The first kappa shape index (κ1) is 53.8. The predicted octanol–water partition coefficient (Wildman–Crippen LogP) is 12.6. The Labute approximate surface area is 396 Å². The number of nitrogen functional groups attached to an aromatic ring is 1. The molecule has 0 aliphatic carbocycles. The maximum absolute atomic E-state index is 14.7. The van der Waals surface area contributed by atoms with Crippen LogP contribution in [0.4, 0.5) is 11.5 Å². The molecule has 0 spiro atoms. The second-order valence-electron chi connectivity index (χ2n) is 16.5. The molecule has 0 amide bonds. The van der Waals surface area contributed by atoms with Gasteiger partial charge in [0.05, 0.1) is 41.9 Å². The van der Waals surface area contributed by atoms with E-state index >= 15 is 0 Å². The summed E-state index contributed by atoms with van der Waals surface area (Å²) in [5.74, 6) is 0.400. The lowest BCUT2D eigenvalue weighted by Gasteiger charge is -2.28. The number of phosphoric acid groups is 1. The molecule has 66 heavy (non-hydrogen) atoms. The number of anilines is 2. The zero-order chi connectivity index (χ0) is 47.3. The van der Waals surface area contributed by atoms with Crippen molar-refractivity contribution in [2.24, 2.45) is 4.99 Å². The number of unbranched alkanes of at least 4 members (excludes halogenated alkanes) is 16. The van der Waals surface area contributed by atoms with Gasteiger partial charge in [-0.15, -0.1) is 0 Å². The summed E-state index contributed by atoms with van der Waals surface area (Å²) >= 11 is 6.45. The Morgan fingerprint density at radius 2 is 1.61 bits per heavy atom. The van der Waals surface area contributed by atoms with Crippen molar-refractivity contribution in [3.63, 3.8) is 0 Å². The molecular weight excluding hydrogens is 877 g/mol. The van der Waals surface area contributed by atoms with E-state index in [4.69, 9.17) is 45.8 Å². The van der Waals surface area contributed by atoms with Gasteiger partial charge >= 0.3 is 7.82 Å². The summed E-state index contributed by atoms with van der Waals surface area (Å²) in [5, 5.41) is 34.8. The second kappa shape index (κ2) is 30.4. The van der Waals surface area contributed by atoms with E-state index in [1.54, 1.807) is 47.0 Å². The molecule has 4 aromatic rings. The highest BCUT2D eigenvalue weighted by Gasteiger charge is 2.38. The lowest BCUT2D eigenvalue weighted by Crippen LogP contribution is -2.36. The third-order valence-electron chi connectivity index (χ3n) is 11.5. The van der Waals surface area contributed by atoms with Crippen LogP contribution in [0.5, 0.6) is 5.75 Å². The first-order valence-corrected chi connectivity index (χ1v) is 25.3. The number of hydrogen-bond acceptors (Lipinski definition) is 12. The summed E-state index contributed by atoms with van der Waals surface area (Å²) < 4.78 is 46.4. The Balaban J connectivity index is 1.38. The number of fused-ring (bicyclic) bond motifs is 1. The lowest BCUT2D eigenvalue weighted by molar-refractivity contribution is -0.0280. The second-order valence-corrected chi connectivity index (χ2v) is 18.5. The molecule has 0 fully saturated rings. The Morgan fingerprint density at radius 1 is 0.939 bits per heavy atom. The molecule has 0 saturated heterocycles. The lowest BCUT2D eigenvalue weighted by atomic mass is 9.99. The van der Waals surface area contributed by atoms with Gasteiger partial charge in [-0.25, -0.2) is 19.1 Å². The van der Waals surface area contributed by atoms with Crippen LogP contribution in [0.3, 0.4) is 0 Å². The van der Waals surface area contributed by atoms with Crippen molar-refractivity contribution in [3.8, 4) is 17.9 Å². The van der Waals surface area contributed by atoms with E-state index in [1.165, 1.54) is 110 Å². The summed E-state index contributed by atoms with van der Waals surface area (Å²) in [6.45, 7) is 1.77. The fourth-order valence-electron chi connectivity index (χ4n) is 7.55. The zero-order valence-electron chi connectivity index (χ0n) is 38.8. The number of phosphoric ester groups is 1. The van der Waals surface area contributed by atoms with Crippen molar-refractivity contribution >= 4 is 49.1 Å². The van der Waals surface area contributed by atoms with Crippen LogP contribution in [0.25, 0.3) is 5.52 Å². The van der Waals surface area contributed by atoms with Crippen LogP contribution in [0.1, 0.15) is 146 Å². The number of para-hydroxylation sites is 1. The first-order valence-electron chi connectivity index (χ1n) is 23.5. The monoisotopic (exact) mass is 945 g/mol. The van der Waals surface area contributed by atoms with E-state index in [0.717, 1.165) is 36.9 Å². The molecular formula is C49H69ClN9O6P. The highest BCUT2D eigenvalue weighted by atomic mass is 35.5. The number of methoxy groups -OCH3 is 1. The van der Waals surface area contributed by atoms with Gasteiger partial charge in [0.2, 0.25) is 0 Å². The highest BCUT2D eigenvalue weighted by molar-refractivity contribution is 7.49. The minimum absolute atomic E-state index is 0.0773. The van der Waals surface area contributed by atoms with Crippen LogP contribution in [-0.2, 0) is 36.1 Å². The smallest absolute Gasteiger partial charge is 0.402 e. The average Bonchev–Trinajstić information content (AvgIpc) is 3.76. The van der Waals surface area contributed by atoms with Crippen LogP contribution >= 0.6 is 19.4 Å². The van der Waals surface area contributed by atoms with E-state index in [1.807, 2.05) is 12.1 Å². The molecule has 0 radical (unpaired) electrons. The van der Waals surface area contributed by atoms with E-state index in [0.29, 0.717) is 35.4 Å². The van der Waals surface area contributed by atoms with Crippen molar-refractivity contribution in [3.05, 3.63) is 82.8 Å². The number of nitrogens with zero attached hydrogens (tertiary/aromatic N) is 6. The molecule has 4 rings (SSSR count). The molecule has 3 atom stereocenters. The first-order chi connectivity index (χ1) is 32.2. The van der Waals surface area contributed by atoms with E-state index < -0.39 is 26.1 Å². The van der Waals surface area contributed by atoms with Gasteiger partial charge in [0, 0.05) is 12.8 Å². The number of ether oxygens (including phenoxy) is 2. The summed E-state index contributed by atoms with van der Waals surface area (Å²) in [7, 11) is -3.11. The molecule has 2 aromatic heterocycles. The van der Waals surface area contributed by atoms with E-state index in [2.05, 4.69) is 39.5 Å². The van der Waals surface area contributed by atoms with Gasteiger partial charge in [0.15, 0.2) is 11.4 Å². The zero-order valence-corrected chi connectivity index (χ0v) is 40.5. The summed E-state index contributed by atoms with van der Waals surface area (Å²) in [4.78, 5) is 7.76. The third-order valence-corrected chi connectivity index (χ3v) is 13.2. The number of nitrogens with one attached hydrogen (secondary N) is 2. The topological polar surface area (TPSA) is 215 Å². The van der Waals surface area contributed by atoms with Crippen LogP contribution in [0, 0.1) is 28.1 Å². The largest absolute Gasteiger partial charge is 0.530 e. The molecule has 2 aromatic carbocycles. The number of hydrogen-bond donors (Lipinski definition) is 3. The molecule has 0 saturated carbocycles. The van der Waals surface area contributed by atoms with Gasteiger partial charge in [-0.2, -0.15) is 15.6 Å². The number of benzene rings is 2. The molecule has 0 aliphatic heterocycles. The molecule has 358 valence electrons. The molecule has 2 heterocycles. The number of aromatic nitrogens is 3. The van der Waals surface area contributed by atoms with E-state index in [9.17, 15) is 15.1 Å². The third kappa shape index (κ3) is 18.8. The van der Waals surface area contributed by atoms with Crippen LogP contribution < -0.4 is 15.6 Å². The van der Waals surface area contributed by atoms with Crippen molar-refractivity contribution in [2.45, 2.75) is 154 Å². The molecule has 17 heteroatoms. The fraction of sp³-hybridized carbons (Fsp3) is 0.551. The minimum Gasteiger partial charge on any atom is -0.402 e. The Hall–Kier alpha value is -4.86. The van der Waals surface area contributed by atoms with Crippen molar-refractivity contribution in [1.82, 2.24) is 14.6 Å². The van der Waals surface area contributed by atoms with Crippen molar-refractivity contribution in [2.75, 3.05) is 31.4 Å². The quantitative estimate of drug-likeness (QED) is 0.0168. The average molecular weight is 947 g/mol. The SMILES string of the molecule is CCCCCCCCCCCCCCCCCCC[C@H](COP(=O)(OCC(C#N)(CCc1ccc2c(N)ncnn12)OC)Oc1ccccc1Cl)OCc1ccc(N/C=N\C=N)c(C#N)c1. The minimum atomic E-state index is -4.50. The maximum Gasteiger partial charge on any atom is 0.530 e. The van der Waals surface area contributed by atoms with Gasteiger partial charge in [-0.05, 0) is 61.2 Å². The van der Waals surface area contributed by atoms with Crippen LogP contribution in [0.2, 0.25) is 5.02 Å². The Kier molecular flexibility index (Phi) is 24.8. The number of aliphatic imine (C=N–C) groups is 1. The normalized spacial score (nSPS) is 13.8. The van der Waals surface area contributed by atoms with Crippen LogP contribution in [-0.4, -0.2) is 59.3 Å². The maximum atomic E-state index is 14.7. The number of nitriles is 2.